The van der Waals surface area contributed by atoms with Gasteiger partial charge in [0.1, 0.15) is 0 Å². The predicted octanol–water partition coefficient (Wildman–Crippen LogP) is 16.4. The van der Waals surface area contributed by atoms with Gasteiger partial charge in [-0.3, -0.25) is 0 Å². The number of benzene rings is 7. The number of allylic oxidation sites excluding steroid dienone is 4. The van der Waals surface area contributed by atoms with Crippen LogP contribution in [0.2, 0.25) is 0 Å². The summed E-state index contributed by atoms with van der Waals surface area (Å²) in [6.07, 6.45) is 12.1. The molecule has 1 fully saturated rings. The molecule has 13 rings (SSSR count). The highest BCUT2D eigenvalue weighted by Crippen LogP contribution is 2.64. The fourth-order valence-corrected chi connectivity index (χ4v) is 13.4. The van der Waals surface area contributed by atoms with Gasteiger partial charge in [-0.2, -0.15) is 0 Å². The Bertz CT molecular complexity index is 3380. The Morgan fingerprint density at radius 2 is 1.17 bits per heavy atom. The van der Waals surface area contributed by atoms with Crippen LogP contribution in [0.4, 0.5) is 0 Å². The number of rotatable bonds is 5. The minimum Gasteiger partial charge on any atom is -0.228 e. The van der Waals surface area contributed by atoms with Crippen molar-refractivity contribution in [2.45, 2.75) is 62.7 Å². The molecule has 1 saturated carbocycles. The summed E-state index contributed by atoms with van der Waals surface area (Å²) in [5.74, 6) is 1.73. The van der Waals surface area contributed by atoms with E-state index in [4.69, 9.17) is 9.97 Å². The summed E-state index contributed by atoms with van der Waals surface area (Å²) in [5.41, 5.74) is 19.3. The van der Waals surface area contributed by atoms with Gasteiger partial charge in [0.2, 0.25) is 0 Å². The second-order valence-corrected chi connectivity index (χ2v) is 20.2. The molecule has 0 N–H and O–H groups in total. The molecule has 0 amide bonds. The van der Waals surface area contributed by atoms with Gasteiger partial charge in [-0.1, -0.05) is 191 Å². The van der Waals surface area contributed by atoms with E-state index in [1.54, 1.807) is 11.1 Å². The lowest BCUT2D eigenvalue weighted by molar-refractivity contribution is 0.233. The van der Waals surface area contributed by atoms with E-state index in [-0.39, 0.29) is 10.8 Å². The van der Waals surface area contributed by atoms with E-state index in [2.05, 4.69) is 190 Å². The van der Waals surface area contributed by atoms with Crippen LogP contribution in [0.15, 0.2) is 188 Å². The summed E-state index contributed by atoms with van der Waals surface area (Å²) < 4.78 is 2.53. The Balaban J connectivity index is 0.884. The number of nitrogens with zero attached hydrogens (tertiary/aromatic N) is 2. The summed E-state index contributed by atoms with van der Waals surface area (Å²) in [6, 6.07) is 62.4. The van der Waals surface area contributed by atoms with Crippen LogP contribution in [-0.4, -0.2) is 9.97 Å². The second kappa shape index (κ2) is 14.4. The maximum atomic E-state index is 5.27. The maximum absolute atomic E-state index is 5.27. The van der Waals surface area contributed by atoms with E-state index in [1.807, 2.05) is 17.4 Å². The van der Waals surface area contributed by atoms with Crippen molar-refractivity contribution < 1.29 is 0 Å². The average Bonchev–Trinajstić information content (AvgIpc) is 3.94. The van der Waals surface area contributed by atoms with Gasteiger partial charge in [-0.15, -0.1) is 11.3 Å². The van der Waals surface area contributed by atoms with E-state index in [1.165, 1.54) is 96.8 Å². The third-order valence-electron chi connectivity index (χ3n) is 15.4. The smallest absolute Gasteiger partial charge is 0.160 e. The first-order valence-corrected chi connectivity index (χ1v) is 24.0. The fourth-order valence-electron chi connectivity index (χ4n) is 12.2. The number of hydrogen-bond acceptors (Lipinski definition) is 3. The van der Waals surface area contributed by atoms with Crippen molar-refractivity contribution in [2.24, 2.45) is 5.92 Å². The largest absolute Gasteiger partial charge is 0.228 e. The summed E-state index contributed by atoms with van der Waals surface area (Å²) in [5, 5.41) is 2.55. The van der Waals surface area contributed by atoms with E-state index in [0.717, 1.165) is 33.9 Å². The third-order valence-corrected chi connectivity index (χ3v) is 16.6. The molecule has 1 spiro atoms. The van der Waals surface area contributed by atoms with Crippen LogP contribution in [0.3, 0.4) is 0 Å². The molecule has 0 aliphatic heterocycles. The molecule has 7 aromatic carbocycles. The molecule has 2 aromatic heterocycles. The predicted molar refractivity (Wildman–Crippen MR) is 269 cm³/mol. The summed E-state index contributed by atoms with van der Waals surface area (Å²) in [4.78, 5) is 10.4. The van der Waals surface area contributed by atoms with Crippen molar-refractivity contribution in [2.75, 3.05) is 0 Å². The first kappa shape index (κ1) is 37.8. The number of thiophene rings is 1. The molecular formula is C61H48N2S. The molecule has 2 heterocycles. The monoisotopic (exact) mass is 840 g/mol. The molecule has 3 heteroatoms. The Kier molecular flexibility index (Phi) is 8.53. The zero-order valence-corrected chi connectivity index (χ0v) is 37.1. The lowest BCUT2D eigenvalue weighted by atomic mass is 9.62. The number of hydrogen-bond donors (Lipinski definition) is 0. The molecule has 4 aliphatic carbocycles. The van der Waals surface area contributed by atoms with Crippen molar-refractivity contribution in [3.63, 3.8) is 0 Å². The van der Waals surface area contributed by atoms with E-state index in [9.17, 15) is 0 Å². The molecule has 64 heavy (non-hydrogen) atoms. The van der Waals surface area contributed by atoms with Gasteiger partial charge in [-0.25, -0.2) is 9.97 Å². The van der Waals surface area contributed by atoms with Gasteiger partial charge >= 0.3 is 0 Å². The fraction of sp³-hybridized carbons (Fsp3) is 0.180. The molecule has 2 atom stereocenters. The minimum absolute atomic E-state index is 0.0770. The van der Waals surface area contributed by atoms with E-state index < -0.39 is 0 Å². The topological polar surface area (TPSA) is 25.8 Å². The van der Waals surface area contributed by atoms with Gasteiger partial charge in [-0.05, 0) is 98.7 Å². The third kappa shape index (κ3) is 5.76. The van der Waals surface area contributed by atoms with Crippen LogP contribution in [0.25, 0.3) is 81.9 Å². The Morgan fingerprint density at radius 1 is 0.500 bits per heavy atom. The highest BCUT2D eigenvalue weighted by atomic mass is 32.1. The lowest BCUT2D eigenvalue weighted by Crippen LogP contribution is -2.35. The maximum Gasteiger partial charge on any atom is 0.160 e. The van der Waals surface area contributed by atoms with Gasteiger partial charge in [0.05, 0.1) is 11.4 Å². The van der Waals surface area contributed by atoms with Gasteiger partial charge in [0, 0.05) is 53.6 Å². The molecule has 0 saturated heterocycles. The minimum atomic E-state index is -0.0770. The van der Waals surface area contributed by atoms with Crippen LogP contribution in [-0.2, 0) is 10.8 Å². The molecular weight excluding hydrogens is 793 g/mol. The second-order valence-electron chi connectivity index (χ2n) is 19.2. The lowest BCUT2D eigenvalue weighted by Gasteiger charge is -2.41. The molecule has 0 bridgehead atoms. The molecule has 4 aliphatic rings. The van der Waals surface area contributed by atoms with Crippen molar-refractivity contribution in [1.29, 1.82) is 0 Å². The summed E-state index contributed by atoms with van der Waals surface area (Å²) in [6.45, 7) is 4.91. The Labute approximate surface area is 379 Å². The SMILES string of the molecule is CC1(C)C2=CC3c4ccccc4C4(CCCCC4)C3C=C2c2ccc(-c3ccc4sc5c(-c6cc(-c7ccc(-c8ccccc8)cc7)nc(-c7ccccc7)n6)cccc5c4c3)cc21. The molecule has 2 nitrogen and oxygen atoms in total. The zero-order chi connectivity index (χ0) is 42.6. The number of aromatic nitrogens is 2. The quantitative estimate of drug-likeness (QED) is 0.173. The molecule has 308 valence electrons. The highest BCUT2D eigenvalue weighted by Gasteiger charge is 2.53. The van der Waals surface area contributed by atoms with Crippen LogP contribution in [0.1, 0.15) is 74.1 Å². The standard InChI is InChI=1S/C61H48N2S/c1-60(2)52-34-43(27-29-45(52)48-36-54-49(35-53(48)60)44-19-10-11-22-51(44)61(54)31-12-5-13-32-61)42-28-30-57-50(33-42)46-20-14-21-47(58(46)64-57)56-37-55(62-59(63-56)41-17-8-4-9-18-41)40-25-23-39(24-26-40)38-15-6-3-7-16-38/h3-4,6-11,14-30,33-37,49,54H,5,12-13,31-32H2,1-2H3. The van der Waals surface area contributed by atoms with Crippen molar-refractivity contribution in [1.82, 2.24) is 9.97 Å². The Hall–Kier alpha value is -6.68. The molecule has 0 radical (unpaired) electrons. The van der Waals surface area contributed by atoms with Crippen LogP contribution < -0.4 is 0 Å². The highest BCUT2D eigenvalue weighted by molar-refractivity contribution is 7.26. The van der Waals surface area contributed by atoms with E-state index >= 15 is 0 Å². The normalized spacial score (nSPS) is 18.9. The zero-order valence-electron chi connectivity index (χ0n) is 36.3. The van der Waals surface area contributed by atoms with Crippen LogP contribution in [0.5, 0.6) is 0 Å². The molecule has 9 aromatic rings. The van der Waals surface area contributed by atoms with Crippen molar-refractivity contribution >= 4 is 37.1 Å². The average molecular weight is 841 g/mol. The van der Waals surface area contributed by atoms with E-state index in [0.29, 0.717) is 11.8 Å². The Morgan fingerprint density at radius 3 is 1.98 bits per heavy atom. The van der Waals surface area contributed by atoms with Crippen LogP contribution >= 0.6 is 11.3 Å². The van der Waals surface area contributed by atoms with Crippen LogP contribution in [0, 0.1) is 5.92 Å². The first-order valence-electron chi connectivity index (χ1n) is 23.2. The van der Waals surface area contributed by atoms with Gasteiger partial charge in [0.25, 0.3) is 0 Å². The molecule has 2 unspecified atom stereocenters. The van der Waals surface area contributed by atoms with Gasteiger partial charge < -0.3 is 0 Å². The summed E-state index contributed by atoms with van der Waals surface area (Å²) in [7, 11) is 0. The van der Waals surface area contributed by atoms with Crippen molar-refractivity contribution in [3.05, 3.63) is 210 Å². The van der Waals surface area contributed by atoms with Crippen molar-refractivity contribution in [3.8, 4) is 56.2 Å². The number of fused-ring (bicyclic) bond motifs is 11. The first-order chi connectivity index (χ1) is 31.4. The van der Waals surface area contributed by atoms with Gasteiger partial charge in [0.15, 0.2) is 5.82 Å². The summed E-state index contributed by atoms with van der Waals surface area (Å²) >= 11 is 1.86.